The Morgan fingerprint density at radius 3 is 2.44 bits per heavy atom. The van der Waals surface area contributed by atoms with Crippen LogP contribution in [0.25, 0.3) is 0 Å². The van der Waals surface area contributed by atoms with E-state index in [0.29, 0.717) is 9.80 Å². The van der Waals surface area contributed by atoms with E-state index in [2.05, 4.69) is 13.5 Å². The standard InChI is InChI=1S/C15H20O2S/c1-3-5-6-8-11-14(4-2)18(16,17)15-12-9-7-10-13-15/h4,7,9-13H,2-3,5-6,8H2,1H3. The summed E-state index contributed by atoms with van der Waals surface area (Å²) in [6.07, 6.45) is 7.23. The summed E-state index contributed by atoms with van der Waals surface area (Å²) in [6.45, 7) is 5.73. The number of allylic oxidation sites excluding steroid dienone is 2. The van der Waals surface area contributed by atoms with Gasteiger partial charge in [0, 0.05) is 0 Å². The van der Waals surface area contributed by atoms with Crippen LogP contribution >= 0.6 is 0 Å². The summed E-state index contributed by atoms with van der Waals surface area (Å²) >= 11 is 0. The average Bonchev–Trinajstić information content (AvgIpc) is 2.39. The van der Waals surface area contributed by atoms with Crippen molar-refractivity contribution in [1.82, 2.24) is 0 Å². The van der Waals surface area contributed by atoms with Gasteiger partial charge in [0.25, 0.3) is 0 Å². The SMILES string of the molecule is C=CC(=CCCCCC)S(=O)(=O)c1ccccc1. The Labute approximate surface area is 110 Å². The van der Waals surface area contributed by atoms with Gasteiger partial charge in [-0.05, 0) is 25.0 Å². The molecular formula is C15H20O2S. The number of rotatable bonds is 7. The molecule has 0 heterocycles. The predicted molar refractivity (Wildman–Crippen MR) is 76.0 cm³/mol. The molecule has 0 saturated carbocycles. The van der Waals surface area contributed by atoms with Crippen LogP contribution in [-0.2, 0) is 9.84 Å². The third kappa shape index (κ3) is 3.84. The topological polar surface area (TPSA) is 34.1 Å². The van der Waals surface area contributed by atoms with E-state index in [1.165, 1.54) is 6.08 Å². The minimum absolute atomic E-state index is 0.310. The monoisotopic (exact) mass is 264 g/mol. The number of hydrogen-bond acceptors (Lipinski definition) is 2. The zero-order valence-electron chi connectivity index (χ0n) is 10.8. The fraction of sp³-hybridized carbons (Fsp3) is 0.333. The summed E-state index contributed by atoms with van der Waals surface area (Å²) in [4.78, 5) is 0.636. The van der Waals surface area contributed by atoms with Crippen molar-refractivity contribution < 1.29 is 8.42 Å². The second kappa shape index (κ2) is 7.17. The second-order valence-corrected chi connectivity index (χ2v) is 6.07. The minimum Gasteiger partial charge on any atom is -0.219 e. The van der Waals surface area contributed by atoms with Crippen LogP contribution in [0.15, 0.2) is 58.9 Å². The van der Waals surface area contributed by atoms with E-state index >= 15 is 0 Å². The van der Waals surface area contributed by atoms with Crippen molar-refractivity contribution in [2.75, 3.05) is 0 Å². The van der Waals surface area contributed by atoms with Gasteiger partial charge in [-0.15, -0.1) is 0 Å². The van der Waals surface area contributed by atoms with Gasteiger partial charge < -0.3 is 0 Å². The molecule has 0 unspecified atom stereocenters. The Morgan fingerprint density at radius 1 is 1.22 bits per heavy atom. The molecule has 1 rings (SSSR count). The lowest BCUT2D eigenvalue weighted by Gasteiger charge is -2.05. The molecule has 0 amide bonds. The highest BCUT2D eigenvalue weighted by Gasteiger charge is 2.17. The molecule has 0 saturated heterocycles. The van der Waals surface area contributed by atoms with Crippen LogP contribution in [0.4, 0.5) is 0 Å². The first-order chi connectivity index (χ1) is 8.62. The van der Waals surface area contributed by atoms with E-state index in [0.717, 1.165) is 25.7 Å². The molecule has 3 heteroatoms. The van der Waals surface area contributed by atoms with Crippen LogP contribution < -0.4 is 0 Å². The van der Waals surface area contributed by atoms with Gasteiger partial charge in [0.1, 0.15) is 0 Å². The number of unbranched alkanes of at least 4 members (excludes halogenated alkanes) is 3. The fourth-order valence-corrected chi connectivity index (χ4v) is 3.02. The minimum atomic E-state index is -3.40. The largest absolute Gasteiger partial charge is 0.219 e. The summed E-state index contributed by atoms with van der Waals surface area (Å²) in [5.41, 5.74) is 0. The summed E-state index contributed by atoms with van der Waals surface area (Å²) in [5.74, 6) is 0. The molecule has 0 aromatic heterocycles. The zero-order chi connectivity index (χ0) is 13.4. The van der Waals surface area contributed by atoms with Crippen LogP contribution in [-0.4, -0.2) is 8.42 Å². The molecule has 0 aliphatic carbocycles. The lowest BCUT2D eigenvalue weighted by molar-refractivity contribution is 0.602. The number of sulfone groups is 1. The van der Waals surface area contributed by atoms with Crippen molar-refractivity contribution in [3.05, 3.63) is 54.0 Å². The maximum absolute atomic E-state index is 12.3. The van der Waals surface area contributed by atoms with Crippen molar-refractivity contribution in [3.8, 4) is 0 Å². The maximum Gasteiger partial charge on any atom is 0.206 e. The molecule has 0 spiro atoms. The maximum atomic E-state index is 12.3. The van der Waals surface area contributed by atoms with Crippen molar-refractivity contribution in [2.24, 2.45) is 0 Å². The van der Waals surface area contributed by atoms with E-state index in [-0.39, 0.29) is 0 Å². The van der Waals surface area contributed by atoms with Crippen LogP contribution in [0.3, 0.4) is 0 Å². The van der Waals surface area contributed by atoms with Gasteiger partial charge in [-0.2, -0.15) is 0 Å². The highest BCUT2D eigenvalue weighted by molar-refractivity contribution is 7.95. The van der Waals surface area contributed by atoms with Crippen molar-refractivity contribution in [3.63, 3.8) is 0 Å². The summed E-state index contributed by atoms with van der Waals surface area (Å²) in [7, 11) is -3.40. The van der Waals surface area contributed by atoms with Crippen molar-refractivity contribution >= 4 is 9.84 Å². The molecule has 1 aromatic carbocycles. The first-order valence-electron chi connectivity index (χ1n) is 6.25. The molecule has 0 fully saturated rings. The molecule has 0 bridgehead atoms. The Balaban J connectivity index is 2.91. The van der Waals surface area contributed by atoms with Crippen molar-refractivity contribution in [1.29, 1.82) is 0 Å². The van der Waals surface area contributed by atoms with Gasteiger partial charge in [0.2, 0.25) is 9.84 Å². The van der Waals surface area contributed by atoms with Crippen LogP contribution in [0.5, 0.6) is 0 Å². The first-order valence-corrected chi connectivity index (χ1v) is 7.74. The summed E-state index contributed by atoms with van der Waals surface area (Å²) in [5, 5.41) is 0. The molecule has 0 atom stereocenters. The Hall–Kier alpha value is -1.35. The normalized spacial score (nSPS) is 12.4. The molecule has 0 radical (unpaired) electrons. The predicted octanol–water partition coefficient (Wildman–Crippen LogP) is 4.11. The highest BCUT2D eigenvalue weighted by atomic mass is 32.2. The van der Waals surface area contributed by atoms with E-state index in [1.807, 2.05) is 0 Å². The quantitative estimate of drug-likeness (QED) is 0.548. The van der Waals surface area contributed by atoms with Gasteiger partial charge in [0.15, 0.2) is 0 Å². The lowest BCUT2D eigenvalue weighted by atomic mass is 10.2. The smallest absolute Gasteiger partial charge is 0.206 e. The van der Waals surface area contributed by atoms with E-state index < -0.39 is 9.84 Å². The molecule has 98 valence electrons. The van der Waals surface area contributed by atoms with Crippen molar-refractivity contribution in [2.45, 2.75) is 37.5 Å². The van der Waals surface area contributed by atoms with Crippen LogP contribution in [0.2, 0.25) is 0 Å². The van der Waals surface area contributed by atoms with E-state index in [4.69, 9.17) is 0 Å². The van der Waals surface area contributed by atoms with Crippen LogP contribution in [0, 0.1) is 0 Å². The third-order valence-electron chi connectivity index (χ3n) is 2.72. The molecule has 1 aromatic rings. The molecule has 18 heavy (non-hydrogen) atoms. The Morgan fingerprint density at radius 2 is 1.89 bits per heavy atom. The van der Waals surface area contributed by atoms with Gasteiger partial charge in [-0.25, -0.2) is 8.42 Å². The molecule has 0 aliphatic rings. The molecule has 2 nitrogen and oxygen atoms in total. The average molecular weight is 264 g/mol. The molecule has 0 N–H and O–H groups in total. The number of hydrogen-bond donors (Lipinski definition) is 0. The van der Waals surface area contributed by atoms with E-state index in [1.54, 1.807) is 36.4 Å². The first kappa shape index (κ1) is 14.7. The van der Waals surface area contributed by atoms with Gasteiger partial charge in [0.05, 0.1) is 9.80 Å². The van der Waals surface area contributed by atoms with Crippen LogP contribution in [0.1, 0.15) is 32.6 Å². The zero-order valence-corrected chi connectivity index (χ0v) is 11.6. The molecular weight excluding hydrogens is 244 g/mol. The summed E-state index contributed by atoms with van der Waals surface area (Å²) in [6, 6.07) is 8.48. The number of benzene rings is 1. The summed E-state index contributed by atoms with van der Waals surface area (Å²) < 4.78 is 24.6. The Kier molecular flexibility index (Phi) is 5.86. The van der Waals surface area contributed by atoms with Gasteiger partial charge in [-0.1, -0.05) is 56.7 Å². The fourth-order valence-electron chi connectivity index (χ4n) is 1.68. The third-order valence-corrected chi connectivity index (χ3v) is 4.56. The van der Waals surface area contributed by atoms with Gasteiger partial charge in [-0.3, -0.25) is 0 Å². The second-order valence-electron chi connectivity index (χ2n) is 4.12. The Bertz CT molecular complexity index is 499. The lowest BCUT2D eigenvalue weighted by Crippen LogP contribution is -2.02. The highest BCUT2D eigenvalue weighted by Crippen LogP contribution is 2.20. The van der Waals surface area contributed by atoms with E-state index in [9.17, 15) is 8.42 Å². The molecule has 0 aliphatic heterocycles. The van der Waals surface area contributed by atoms with Gasteiger partial charge >= 0.3 is 0 Å².